The van der Waals surface area contributed by atoms with Gasteiger partial charge in [0.15, 0.2) is 0 Å². The molecule has 0 atom stereocenters. The van der Waals surface area contributed by atoms with Gasteiger partial charge in [0.1, 0.15) is 12.0 Å². The first-order valence-corrected chi connectivity index (χ1v) is 6.62. The molecule has 1 aromatic heterocycles. The van der Waals surface area contributed by atoms with Gasteiger partial charge < -0.3 is 14.5 Å². The second kappa shape index (κ2) is 6.38. The average molecular weight is 260 g/mol. The summed E-state index contributed by atoms with van der Waals surface area (Å²) in [5.74, 6) is 1.25. The van der Waals surface area contributed by atoms with E-state index in [4.69, 9.17) is 9.15 Å². The van der Waals surface area contributed by atoms with Crippen molar-refractivity contribution in [2.24, 2.45) is 0 Å². The van der Waals surface area contributed by atoms with Crippen LogP contribution in [0.15, 0.2) is 34.9 Å². The Hall–Kier alpha value is -1.81. The molecule has 1 N–H and O–H groups in total. The van der Waals surface area contributed by atoms with Crippen molar-refractivity contribution in [3.05, 3.63) is 41.8 Å². The maximum Gasteiger partial charge on any atom is 0.399 e. The highest BCUT2D eigenvalue weighted by Gasteiger charge is 2.06. The number of ether oxygens (including phenoxy) is 1. The topological polar surface area (TPSA) is 47.3 Å². The van der Waals surface area contributed by atoms with E-state index < -0.39 is 0 Å². The quantitative estimate of drug-likeness (QED) is 0.860. The molecule has 0 fully saturated rings. The summed E-state index contributed by atoms with van der Waals surface area (Å²) < 4.78 is 10.8. The molecule has 4 nitrogen and oxygen atoms in total. The highest BCUT2D eigenvalue weighted by molar-refractivity contribution is 5.30. The molecule has 0 unspecified atom stereocenters. The molecule has 19 heavy (non-hydrogen) atoms. The number of hydrogen-bond donors (Lipinski definition) is 1. The summed E-state index contributed by atoms with van der Waals surface area (Å²) in [6.07, 6.45) is 1.89. The van der Waals surface area contributed by atoms with E-state index in [0.29, 0.717) is 12.5 Å². The molecule has 1 aromatic carbocycles. The first-order chi connectivity index (χ1) is 9.19. The monoisotopic (exact) mass is 260 g/mol. The molecule has 0 radical (unpaired) electrons. The number of nitrogens with one attached hydrogen (secondary N) is 1. The largest absolute Gasteiger partial charge is 0.417 e. The van der Waals surface area contributed by atoms with Gasteiger partial charge in [-0.2, -0.15) is 4.98 Å². The van der Waals surface area contributed by atoms with Crippen LogP contribution in [0.1, 0.15) is 37.9 Å². The molecule has 0 aliphatic carbocycles. The fourth-order valence-electron chi connectivity index (χ4n) is 1.69. The van der Waals surface area contributed by atoms with Gasteiger partial charge >= 0.3 is 6.08 Å². The Balaban J connectivity index is 1.98. The molecule has 0 amide bonds. The molecule has 0 bridgehead atoms. The molecule has 0 spiro atoms. The Kier molecular flexibility index (Phi) is 4.58. The van der Waals surface area contributed by atoms with Crippen LogP contribution in [0.4, 0.5) is 0 Å². The maximum atomic E-state index is 5.57. The van der Waals surface area contributed by atoms with Crippen molar-refractivity contribution in [1.29, 1.82) is 0 Å². The minimum atomic E-state index is 0.283. The molecule has 4 heteroatoms. The van der Waals surface area contributed by atoms with E-state index in [2.05, 4.69) is 36.3 Å². The normalized spacial score (nSPS) is 10.9. The SMILES string of the molecule is CCNCc1coc(Oc2ccc(C(C)C)cc2)n1. The predicted molar refractivity (Wildman–Crippen MR) is 74.5 cm³/mol. The van der Waals surface area contributed by atoms with Crippen LogP contribution >= 0.6 is 0 Å². The van der Waals surface area contributed by atoms with Crippen molar-refractivity contribution < 1.29 is 9.15 Å². The third-order valence-corrected chi connectivity index (χ3v) is 2.84. The highest BCUT2D eigenvalue weighted by atomic mass is 16.6. The summed E-state index contributed by atoms with van der Waals surface area (Å²) in [7, 11) is 0. The molecule has 1 heterocycles. The Morgan fingerprint density at radius 3 is 2.63 bits per heavy atom. The Morgan fingerprint density at radius 1 is 1.26 bits per heavy atom. The van der Waals surface area contributed by atoms with E-state index in [0.717, 1.165) is 18.0 Å². The average Bonchev–Trinajstić information content (AvgIpc) is 2.84. The van der Waals surface area contributed by atoms with Crippen molar-refractivity contribution in [3.8, 4) is 11.8 Å². The molecule has 0 saturated heterocycles. The Bertz CT molecular complexity index is 503. The second-order valence-corrected chi connectivity index (χ2v) is 4.71. The van der Waals surface area contributed by atoms with Gasteiger partial charge in [0.05, 0.1) is 5.69 Å². The van der Waals surface area contributed by atoms with Crippen LogP contribution in [0.5, 0.6) is 11.8 Å². The van der Waals surface area contributed by atoms with Crippen LogP contribution in [0, 0.1) is 0 Å². The Labute approximate surface area is 113 Å². The number of nitrogens with zero attached hydrogens (tertiary/aromatic N) is 1. The number of hydrogen-bond acceptors (Lipinski definition) is 4. The van der Waals surface area contributed by atoms with Crippen molar-refractivity contribution >= 4 is 0 Å². The molecular weight excluding hydrogens is 240 g/mol. The van der Waals surface area contributed by atoms with E-state index in [1.807, 2.05) is 19.1 Å². The fraction of sp³-hybridized carbons (Fsp3) is 0.400. The summed E-state index contributed by atoms with van der Waals surface area (Å²) in [6.45, 7) is 7.97. The first-order valence-electron chi connectivity index (χ1n) is 6.62. The van der Waals surface area contributed by atoms with Crippen LogP contribution < -0.4 is 10.1 Å². The standard InChI is InChI=1S/C15H20N2O2/c1-4-16-9-13-10-18-15(17-13)19-14-7-5-12(6-8-14)11(2)3/h5-8,10-11,16H,4,9H2,1-3H3. The van der Waals surface area contributed by atoms with Crippen molar-refractivity contribution in [1.82, 2.24) is 10.3 Å². The first kappa shape index (κ1) is 13.6. The molecule has 102 valence electrons. The van der Waals surface area contributed by atoms with Gasteiger partial charge in [0.2, 0.25) is 0 Å². The van der Waals surface area contributed by atoms with Crippen LogP contribution in [-0.2, 0) is 6.54 Å². The van der Waals surface area contributed by atoms with E-state index >= 15 is 0 Å². The van der Waals surface area contributed by atoms with Gasteiger partial charge in [-0.3, -0.25) is 0 Å². The molecule has 2 rings (SSSR count). The van der Waals surface area contributed by atoms with Crippen molar-refractivity contribution in [3.63, 3.8) is 0 Å². The lowest BCUT2D eigenvalue weighted by molar-refractivity contribution is 0.330. The van der Waals surface area contributed by atoms with Gasteiger partial charge in [0.25, 0.3) is 0 Å². The minimum absolute atomic E-state index is 0.283. The number of oxazole rings is 1. The summed E-state index contributed by atoms with van der Waals surface area (Å²) in [6, 6.07) is 7.98. The van der Waals surface area contributed by atoms with E-state index in [1.165, 1.54) is 5.56 Å². The summed E-state index contributed by atoms with van der Waals surface area (Å²) in [5.41, 5.74) is 2.13. The summed E-state index contributed by atoms with van der Waals surface area (Å²) in [5, 5.41) is 3.18. The summed E-state index contributed by atoms with van der Waals surface area (Å²) in [4.78, 5) is 4.25. The zero-order valence-electron chi connectivity index (χ0n) is 11.6. The zero-order valence-corrected chi connectivity index (χ0v) is 11.6. The van der Waals surface area contributed by atoms with Crippen LogP contribution in [-0.4, -0.2) is 11.5 Å². The van der Waals surface area contributed by atoms with Crippen LogP contribution in [0.3, 0.4) is 0 Å². The number of rotatable bonds is 6. The Morgan fingerprint density at radius 2 is 2.00 bits per heavy atom. The molecular formula is C15H20N2O2. The van der Waals surface area contributed by atoms with Gasteiger partial charge in [-0.05, 0) is 30.2 Å². The van der Waals surface area contributed by atoms with Gasteiger partial charge in [-0.1, -0.05) is 32.9 Å². The maximum absolute atomic E-state index is 5.57. The molecule has 0 aliphatic heterocycles. The van der Waals surface area contributed by atoms with Gasteiger partial charge in [-0.25, -0.2) is 0 Å². The van der Waals surface area contributed by atoms with Gasteiger partial charge in [-0.15, -0.1) is 0 Å². The third kappa shape index (κ3) is 3.83. The molecule has 0 aliphatic rings. The van der Waals surface area contributed by atoms with Crippen molar-refractivity contribution in [2.75, 3.05) is 6.54 Å². The van der Waals surface area contributed by atoms with E-state index in [1.54, 1.807) is 6.26 Å². The van der Waals surface area contributed by atoms with Crippen LogP contribution in [0.25, 0.3) is 0 Å². The molecule has 0 saturated carbocycles. The fourth-order valence-corrected chi connectivity index (χ4v) is 1.69. The predicted octanol–water partition coefficient (Wildman–Crippen LogP) is 3.70. The lowest BCUT2D eigenvalue weighted by atomic mass is 10.0. The smallest absolute Gasteiger partial charge is 0.399 e. The van der Waals surface area contributed by atoms with Crippen molar-refractivity contribution in [2.45, 2.75) is 33.2 Å². The number of benzene rings is 1. The minimum Gasteiger partial charge on any atom is -0.417 e. The van der Waals surface area contributed by atoms with Gasteiger partial charge in [0, 0.05) is 6.54 Å². The highest BCUT2D eigenvalue weighted by Crippen LogP contribution is 2.23. The lowest BCUT2D eigenvalue weighted by Crippen LogP contribution is -2.11. The number of aromatic nitrogens is 1. The van der Waals surface area contributed by atoms with E-state index in [9.17, 15) is 0 Å². The van der Waals surface area contributed by atoms with Crippen LogP contribution in [0.2, 0.25) is 0 Å². The summed E-state index contributed by atoms with van der Waals surface area (Å²) >= 11 is 0. The van der Waals surface area contributed by atoms with E-state index in [-0.39, 0.29) is 6.08 Å². The third-order valence-electron chi connectivity index (χ3n) is 2.84. The zero-order chi connectivity index (χ0) is 13.7. The lowest BCUT2D eigenvalue weighted by Gasteiger charge is -2.06. The molecule has 2 aromatic rings. The second-order valence-electron chi connectivity index (χ2n) is 4.71.